The molecule has 2 aromatic carbocycles. The standard InChI is InChI=1S/C32H36FN9O3S/c1-3-20-16-28(43)24(33)17-23(20)21-5-6-22-27(15-21)38-39-31(22)32-35-25-7-11-42(12-8-26(25)36-32)46(44,45)30-19-34-18-29(37-30)41-10-4-9-40(2)13-14-41/h5-6,15-19,43H,3-4,7-14H2,1-2H3,(H,35,36)(H,38,39). The minimum atomic E-state index is -3.86. The highest BCUT2D eigenvalue weighted by Gasteiger charge is 2.30. The molecule has 5 aromatic rings. The number of fused-ring (bicyclic) bond motifs is 2. The van der Waals surface area contributed by atoms with Gasteiger partial charge in [0.25, 0.3) is 10.0 Å². The number of phenols is 1. The number of phenolic OH excluding ortho intramolecular Hbond substituents is 1. The summed E-state index contributed by atoms with van der Waals surface area (Å²) in [5, 5.41) is 18.2. The highest BCUT2D eigenvalue weighted by atomic mass is 32.2. The lowest BCUT2D eigenvalue weighted by molar-refractivity contribution is 0.360. The molecule has 0 aliphatic carbocycles. The van der Waals surface area contributed by atoms with Crippen LogP contribution in [0.2, 0.25) is 0 Å². The quantitative estimate of drug-likeness (QED) is 0.251. The van der Waals surface area contributed by atoms with Crippen LogP contribution in [0.5, 0.6) is 5.75 Å². The second kappa shape index (κ2) is 12.1. The van der Waals surface area contributed by atoms with Gasteiger partial charge in [0.1, 0.15) is 11.5 Å². The molecule has 2 aliphatic rings. The van der Waals surface area contributed by atoms with Crippen LogP contribution in [-0.4, -0.2) is 99.2 Å². The van der Waals surface area contributed by atoms with Crippen molar-refractivity contribution in [3.63, 3.8) is 0 Å². The second-order valence-electron chi connectivity index (χ2n) is 11.9. The van der Waals surface area contributed by atoms with Gasteiger partial charge in [0.15, 0.2) is 22.4 Å². The summed E-state index contributed by atoms with van der Waals surface area (Å²) in [6.45, 7) is 5.96. The number of H-pyrrole nitrogens is 2. The first kappa shape index (κ1) is 30.3. The first-order valence-electron chi connectivity index (χ1n) is 15.5. The molecule has 3 N–H and O–H groups in total. The van der Waals surface area contributed by atoms with E-state index in [1.165, 1.54) is 22.6 Å². The van der Waals surface area contributed by atoms with Gasteiger partial charge in [0.05, 0.1) is 23.6 Å². The fourth-order valence-corrected chi connectivity index (χ4v) is 7.68. The Kier molecular flexibility index (Phi) is 7.95. The number of anilines is 1. The van der Waals surface area contributed by atoms with Crippen molar-refractivity contribution in [2.75, 3.05) is 51.2 Å². The number of aromatic amines is 2. The number of aryl methyl sites for hydroxylation is 1. The smallest absolute Gasteiger partial charge is 0.262 e. The van der Waals surface area contributed by atoms with E-state index in [1.807, 2.05) is 25.1 Å². The third-order valence-corrected chi connectivity index (χ3v) is 10.7. The van der Waals surface area contributed by atoms with E-state index >= 15 is 0 Å². The monoisotopic (exact) mass is 645 g/mol. The number of aromatic nitrogens is 6. The van der Waals surface area contributed by atoms with Gasteiger partial charge in [-0.2, -0.15) is 9.40 Å². The summed E-state index contributed by atoms with van der Waals surface area (Å²) in [4.78, 5) is 21.4. The van der Waals surface area contributed by atoms with E-state index in [0.29, 0.717) is 42.2 Å². The molecular formula is C32H36FN9O3S. The van der Waals surface area contributed by atoms with Gasteiger partial charge < -0.3 is 19.9 Å². The largest absolute Gasteiger partial charge is 0.505 e. The lowest BCUT2D eigenvalue weighted by Crippen LogP contribution is -2.35. The van der Waals surface area contributed by atoms with Gasteiger partial charge in [0, 0.05) is 56.6 Å². The van der Waals surface area contributed by atoms with Gasteiger partial charge in [-0.25, -0.2) is 22.8 Å². The van der Waals surface area contributed by atoms with Crippen molar-refractivity contribution in [2.24, 2.45) is 0 Å². The minimum absolute atomic E-state index is 0.0368. The molecule has 2 aliphatic heterocycles. The molecule has 0 radical (unpaired) electrons. The highest BCUT2D eigenvalue weighted by Crippen LogP contribution is 2.34. The zero-order valence-corrected chi connectivity index (χ0v) is 26.6. The number of benzene rings is 2. The van der Waals surface area contributed by atoms with Crippen molar-refractivity contribution in [3.05, 3.63) is 65.5 Å². The van der Waals surface area contributed by atoms with Gasteiger partial charge in [-0.3, -0.25) is 10.1 Å². The molecule has 5 heterocycles. The Labute approximate surface area is 266 Å². The number of nitrogens with one attached hydrogen (secondary N) is 2. The molecule has 3 aromatic heterocycles. The number of aromatic hydroxyl groups is 1. The van der Waals surface area contributed by atoms with E-state index in [9.17, 15) is 17.9 Å². The fraction of sp³-hybridized carbons (Fsp3) is 0.375. The molecule has 240 valence electrons. The highest BCUT2D eigenvalue weighted by molar-refractivity contribution is 7.89. The van der Waals surface area contributed by atoms with E-state index in [4.69, 9.17) is 4.98 Å². The van der Waals surface area contributed by atoms with Gasteiger partial charge in [0.2, 0.25) is 0 Å². The van der Waals surface area contributed by atoms with Gasteiger partial charge in [-0.1, -0.05) is 13.0 Å². The third kappa shape index (κ3) is 5.60. The number of halogens is 1. The summed E-state index contributed by atoms with van der Waals surface area (Å²) in [5.41, 5.74) is 5.47. The maximum atomic E-state index is 14.2. The summed E-state index contributed by atoms with van der Waals surface area (Å²) < 4.78 is 43.1. The Bertz CT molecular complexity index is 2000. The number of hydrogen-bond donors (Lipinski definition) is 3. The average Bonchev–Trinajstić information content (AvgIpc) is 3.52. The van der Waals surface area contributed by atoms with Crippen molar-refractivity contribution in [3.8, 4) is 28.4 Å². The van der Waals surface area contributed by atoms with Gasteiger partial charge >= 0.3 is 0 Å². The molecule has 0 spiro atoms. The van der Waals surface area contributed by atoms with Gasteiger partial charge in [-0.05, 0) is 67.4 Å². The summed E-state index contributed by atoms with van der Waals surface area (Å²) in [6.07, 6.45) is 5.49. The number of sulfonamides is 1. The van der Waals surface area contributed by atoms with Crippen LogP contribution in [0.3, 0.4) is 0 Å². The molecular weight excluding hydrogens is 609 g/mol. The topological polar surface area (TPSA) is 147 Å². The first-order chi connectivity index (χ1) is 22.2. The Morgan fingerprint density at radius 1 is 1.00 bits per heavy atom. The Hall–Kier alpha value is -4.40. The lowest BCUT2D eigenvalue weighted by atomic mass is 9.96. The molecule has 0 bridgehead atoms. The SMILES string of the molecule is CCc1cc(O)c(F)cc1-c1ccc2c(-c3nc4c([nH]3)CCN(S(=O)(=O)c3cncc(N5CCCN(C)CC5)n3)CC4)n[nH]c2c1. The molecule has 0 unspecified atom stereocenters. The molecule has 1 saturated heterocycles. The molecule has 12 nitrogen and oxygen atoms in total. The van der Waals surface area contributed by atoms with Crippen molar-refractivity contribution in [1.82, 2.24) is 39.3 Å². The van der Waals surface area contributed by atoms with E-state index in [-0.39, 0.29) is 23.9 Å². The number of nitrogens with zero attached hydrogens (tertiary/aromatic N) is 7. The maximum Gasteiger partial charge on any atom is 0.262 e. The van der Waals surface area contributed by atoms with Crippen LogP contribution in [0.25, 0.3) is 33.5 Å². The van der Waals surface area contributed by atoms with Crippen molar-refractivity contribution in [2.45, 2.75) is 37.6 Å². The average molecular weight is 646 g/mol. The Balaban J connectivity index is 1.09. The predicted molar refractivity (Wildman–Crippen MR) is 173 cm³/mol. The molecule has 0 saturated carbocycles. The second-order valence-corrected chi connectivity index (χ2v) is 13.8. The number of hydrogen-bond acceptors (Lipinski definition) is 9. The minimum Gasteiger partial charge on any atom is -0.505 e. The number of imidazole rings is 1. The number of rotatable bonds is 6. The van der Waals surface area contributed by atoms with Crippen LogP contribution >= 0.6 is 0 Å². The Morgan fingerprint density at radius 3 is 2.70 bits per heavy atom. The van der Waals surface area contributed by atoms with Crippen LogP contribution in [-0.2, 0) is 29.3 Å². The maximum absolute atomic E-state index is 14.2. The predicted octanol–water partition coefficient (Wildman–Crippen LogP) is 3.75. The van der Waals surface area contributed by atoms with E-state index in [1.54, 1.807) is 6.20 Å². The van der Waals surface area contributed by atoms with Crippen molar-refractivity contribution < 1.29 is 17.9 Å². The Morgan fingerprint density at radius 2 is 1.85 bits per heavy atom. The molecule has 14 heteroatoms. The van der Waals surface area contributed by atoms with Gasteiger partial charge in [-0.15, -0.1) is 0 Å². The summed E-state index contributed by atoms with van der Waals surface area (Å²) in [5.74, 6) is 0.167. The summed E-state index contributed by atoms with van der Waals surface area (Å²) in [6, 6.07) is 8.57. The van der Waals surface area contributed by atoms with E-state index < -0.39 is 15.8 Å². The fourth-order valence-electron chi connectivity index (χ4n) is 6.35. The lowest BCUT2D eigenvalue weighted by Gasteiger charge is -2.23. The van der Waals surface area contributed by atoms with E-state index in [0.717, 1.165) is 66.0 Å². The molecule has 7 rings (SSSR count). The molecule has 46 heavy (non-hydrogen) atoms. The molecule has 0 atom stereocenters. The first-order valence-corrected chi connectivity index (χ1v) is 17.0. The van der Waals surface area contributed by atoms with Crippen LogP contribution < -0.4 is 4.90 Å². The molecule has 0 amide bonds. The molecule has 1 fully saturated rings. The van der Waals surface area contributed by atoms with Crippen LogP contribution in [0.15, 0.2) is 47.8 Å². The van der Waals surface area contributed by atoms with E-state index in [2.05, 4.69) is 42.0 Å². The zero-order valence-electron chi connectivity index (χ0n) is 25.8. The summed E-state index contributed by atoms with van der Waals surface area (Å²) in [7, 11) is -1.77. The third-order valence-electron chi connectivity index (χ3n) is 8.97. The number of likely N-dealkylation sites (N-methyl/N-ethyl adjacent to an activating group) is 1. The van der Waals surface area contributed by atoms with Crippen LogP contribution in [0, 0.1) is 5.82 Å². The van der Waals surface area contributed by atoms with Crippen molar-refractivity contribution in [1.29, 1.82) is 0 Å². The van der Waals surface area contributed by atoms with Crippen LogP contribution in [0.4, 0.5) is 10.2 Å². The van der Waals surface area contributed by atoms with Crippen molar-refractivity contribution >= 4 is 26.7 Å². The van der Waals surface area contributed by atoms with Crippen LogP contribution in [0.1, 0.15) is 30.3 Å². The normalized spacial score (nSPS) is 16.8. The summed E-state index contributed by atoms with van der Waals surface area (Å²) >= 11 is 0. The zero-order chi connectivity index (χ0) is 32.0.